The smallest absolute Gasteiger partial charge is 0.253 e. The summed E-state index contributed by atoms with van der Waals surface area (Å²) in [6, 6.07) is 8.89. The Labute approximate surface area is 208 Å². The van der Waals surface area contributed by atoms with E-state index in [4.69, 9.17) is 9.84 Å². The number of halogens is 5. The van der Waals surface area contributed by atoms with Crippen LogP contribution < -0.4 is 4.74 Å². The van der Waals surface area contributed by atoms with E-state index < -0.39 is 55.3 Å². The number of nitrogens with zero attached hydrogens (tertiary/aromatic N) is 1. The summed E-state index contributed by atoms with van der Waals surface area (Å²) < 4.78 is 78.4. The van der Waals surface area contributed by atoms with E-state index in [-0.39, 0.29) is 23.9 Å². The molecule has 4 rings (SSSR count). The van der Waals surface area contributed by atoms with Gasteiger partial charge in [-0.1, -0.05) is 24.3 Å². The van der Waals surface area contributed by atoms with Crippen LogP contribution in [0.5, 0.6) is 5.75 Å². The van der Waals surface area contributed by atoms with Gasteiger partial charge in [0.15, 0.2) is 0 Å². The minimum Gasteiger partial charge on any atom is -0.493 e. The quantitative estimate of drug-likeness (QED) is 0.385. The Kier molecular flexibility index (Phi) is 7.49. The van der Waals surface area contributed by atoms with Crippen molar-refractivity contribution in [1.29, 1.82) is 0 Å². The van der Waals surface area contributed by atoms with Crippen molar-refractivity contribution in [2.45, 2.75) is 70.1 Å². The van der Waals surface area contributed by atoms with Gasteiger partial charge < -0.3 is 9.84 Å². The van der Waals surface area contributed by atoms with Gasteiger partial charge in [-0.15, -0.1) is 0 Å². The van der Waals surface area contributed by atoms with Crippen LogP contribution in [0.3, 0.4) is 0 Å². The zero-order chi connectivity index (χ0) is 26.3. The molecule has 0 fully saturated rings. The Balaban J connectivity index is 1.69. The first-order valence-electron chi connectivity index (χ1n) is 12.3. The Morgan fingerprint density at radius 1 is 1.06 bits per heavy atom. The summed E-state index contributed by atoms with van der Waals surface area (Å²) in [5, 5.41) is 8.73. The monoisotopic (exact) mass is 509 g/mol. The van der Waals surface area contributed by atoms with Gasteiger partial charge in [-0.3, -0.25) is 4.90 Å². The molecule has 0 bridgehead atoms. The molecular formula is C28H32F5NO2. The lowest BCUT2D eigenvalue weighted by molar-refractivity contribution is -0.0378. The van der Waals surface area contributed by atoms with Crippen LogP contribution in [0.2, 0.25) is 0 Å². The fourth-order valence-electron chi connectivity index (χ4n) is 5.36. The van der Waals surface area contributed by atoms with Crippen LogP contribution in [-0.4, -0.2) is 47.4 Å². The van der Waals surface area contributed by atoms with Crippen molar-refractivity contribution in [2.75, 3.05) is 19.8 Å². The molecule has 2 aliphatic rings. The molecule has 0 saturated heterocycles. The predicted octanol–water partition coefficient (Wildman–Crippen LogP) is 6.64. The summed E-state index contributed by atoms with van der Waals surface area (Å²) in [4.78, 5) is 1.82. The highest BCUT2D eigenvalue weighted by molar-refractivity contribution is 5.79. The van der Waals surface area contributed by atoms with Gasteiger partial charge in [-0.25, -0.2) is 22.0 Å². The van der Waals surface area contributed by atoms with Crippen LogP contribution in [0.4, 0.5) is 22.0 Å². The average Bonchev–Trinajstić information content (AvgIpc) is 3.12. The molecule has 2 atom stereocenters. The summed E-state index contributed by atoms with van der Waals surface area (Å²) in [5.74, 6) is -5.06. The van der Waals surface area contributed by atoms with E-state index in [1.165, 1.54) is 13.8 Å². The number of hydrogen-bond donors (Lipinski definition) is 1. The van der Waals surface area contributed by atoms with Crippen molar-refractivity contribution in [3.05, 3.63) is 70.3 Å². The minimum atomic E-state index is -3.13. The van der Waals surface area contributed by atoms with Gasteiger partial charge in [0.1, 0.15) is 23.1 Å². The van der Waals surface area contributed by atoms with Crippen LogP contribution in [-0.2, 0) is 6.42 Å². The zero-order valence-electron chi connectivity index (χ0n) is 20.8. The van der Waals surface area contributed by atoms with Crippen LogP contribution in [0.15, 0.2) is 42.0 Å². The maximum atomic E-state index is 15.6. The second-order valence-corrected chi connectivity index (χ2v) is 10.4. The van der Waals surface area contributed by atoms with E-state index >= 15 is 8.78 Å². The fourth-order valence-corrected chi connectivity index (χ4v) is 5.36. The molecule has 3 nitrogen and oxygen atoms in total. The summed E-state index contributed by atoms with van der Waals surface area (Å²) >= 11 is 0. The number of alkyl halides is 3. The van der Waals surface area contributed by atoms with E-state index in [1.54, 1.807) is 0 Å². The number of benzene rings is 2. The van der Waals surface area contributed by atoms with Crippen LogP contribution in [0.25, 0.3) is 5.57 Å². The molecule has 2 aromatic rings. The zero-order valence-corrected chi connectivity index (χ0v) is 20.8. The predicted molar refractivity (Wildman–Crippen MR) is 129 cm³/mol. The number of ether oxygens (including phenoxy) is 1. The molecule has 0 radical (unpaired) electrons. The normalized spacial score (nSPS) is 20.5. The molecular weight excluding hydrogens is 477 g/mol. The number of fused-ring (bicyclic) bond motifs is 2. The number of aliphatic hydroxyl groups excluding tert-OH is 1. The standard InChI is InChI=1S/C28H32F5NO2/c1-17-12-21-20-7-5-4-6-18(20)13-22(21)26(34(17)16-27(2,3)31)25-23(29)14-19(15-24(25)30)36-11-9-28(32,33)8-10-35/h4-7,14-15,17,26,35H,8-13,16H2,1-3H3/t17-,26+/m1/s1. The Hall–Kier alpha value is -2.45. The van der Waals surface area contributed by atoms with Crippen LogP contribution in [0, 0.1) is 11.6 Å². The first-order valence-corrected chi connectivity index (χ1v) is 12.3. The van der Waals surface area contributed by atoms with E-state index in [1.807, 2.05) is 36.1 Å². The summed E-state index contributed by atoms with van der Waals surface area (Å²) in [6.45, 7) is 3.68. The van der Waals surface area contributed by atoms with Crippen molar-refractivity contribution < 1.29 is 31.8 Å². The van der Waals surface area contributed by atoms with Gasteiger partial charge in [-0.2, -0.15) is 0 Å². The molecule has 2 aromatic carbocycles. The van der Waals surface area contributed by atoms with Gasteiger partial charge >= 0.3 is 0 Å². The van der Waals surface area contributed by atoms with Gasteiger partial charge in [0.25, 0.3) is 5.92 Å². The largest absolute Gasteiger partial charge is 0.493 e. The van der Waals surface area contributed by atoms with Crippen LogP contribution in [0.1, 0.15) is 62.8 Å². The number of aliphatic hydroxyl groups is 1. The molecule has 1 aliphatic heterocycles. The maximum Gasteiger partial charge on any atom is 0.253 e. The van der Waals surface area contributed by atoms with Gasteiger partial charge in [0.2, 0.25) is 0 Å². The second kappa shape index (κ2) is 10.1. The molecule has 0 unspecified atom stereocenters. The molecule has 8 heteroatoms. The lowest BCUT2D eigenvalue weighted by atomic mass is 9.84. The highest BCUT2D eigenvalue weighted by Gasteiger charge is 2.43. The van der Waals surface area contributed by atoms with Gasteiger partial charge in [-0.05, 0) is 55.9 Å². The Bertz CT molecular complexity index is 1120. The van der Waals surface area contributed by atoms with Crippen molar-refractivity contribution in [2.24, 2.45) is 0 Å². The number of hydrogen-bond acceptors (Lipinski definition) is 3. The third-order valence-electron chi connectivity index (χ3n) is 6.94. The van der Waals surface area contributed by atoms with Crippen molar-refractivity contribution >= 4 is 5.57 Å². The maximum absolute atomic E-state index is 15.6. The first kappa shape index (κ1) is 26.6. The molecule has 0 amide bonds. The third kappa shape index (κ3) is 5.59. The molecule has 1 N–H and O–H groups in total. The van der Waals surface area contributed by atoms with Gasteiger partial charge in [0.05, 0.1) is 12.6 Å². The highest BCUT2D eigenvalue weighted by atomic mass is 19.3. The summed E-state index contributed by atoms with van der Waals surface area (Å²) in [6.07, 6.45) is -0.236. The van der Waals surface area contributed by atoms with Crippen molar-refractivity contribution in [3.63, 3.8) is 0 Å². The van der Waals surface area contributed by atoms with Crippen LogP contribution >= 0.6 is 0 Å². The SMILES string of the molecule is C[C@@H]1CC2=C(Cc3ccccc32)[C@@H](c2c(F)cc(OCCC(F)(F)CCO)cc2F)N1CC(C)(C)F. The molecule has 36 heavy (non-hydrogen) atoms. The summed E-state index contributed by atoms with van der Waals surface area (Å²) in [7, 11) is 0. The van der Waals surface area contributed by atoms with E-state index in [0.29, 0.717) is 12.8 Å². The molecule has 1 heterocycles. The average molecular weight is 510 g/mol. The van der Waals surface area contributed by atoms with Gasteiger partial charge in [0, 0.05) is 49.7 Å². The molecule has 196 valence electrons. The minimum absolute atomic E-state index is 0.0109. The lowest BCUT2D eigenvalue weighted by Crippen LogP contribution is -2.47. The molecule has 1 aliphatic carbocycles. The Morgan fingerprint density at radius 3 is 2.36 bits per heavy atom. The fraction of sp³-hybridized carbons (Fsp3) is 0.500. The highest BCUT2D eigenvalue weighted by Crippen LogP contribution is 2.50. The molecule has 0 spiro atoms. The van der Waals surface area contributed by atoms with Crippen molar-refractivity contribution in [1.82, 2.24) is 4.90 Å². The van der Waals surface area contributed by atoms with E-state index in [9.17, 15) is 13.2 Å². The molecule has 0 aromatic heterocycles. The topological polar surface area (TPSA) is 32.7 Å². The summed E-state index contributed by atoms with van der Waals surface area (Å²) in [5.41, 5.74) is 2.25. The third-order valence-corrected chi connectivity index (χ3v) is 6.94. The van der Waals surface area contributed by atoms with E-state index in [2.05, 4.69) is 0 Å². The molecule has 0 saturated carbocycles. The second-order valence-electron chi connectivity index (χ2n) is 10.4. The first-order chi connectivity index (χ1) is 16.9. The lowest BCUT2D eigenvalue weighted by Gasteiger charge is -2.44. The number of rotatable bonds is 9. The van der Waals surface area contributed by atoms with E-state index in [0.717, 1.165) is 34.4 Å². The van der Waals surface area contributed by atoms with Crippen molar-refractivity contribution in [3.8, 4) is 5.75 Å². The Morgan fingerprint density at radius 2 is 1.72 bits per heavy atom.